The number of nitrogens with zero attached hydrogens (tertiary/aromatic N) is 1. The molecule has 0 saturated carbocycles. The average molecular weight is 385 g/mol. The number of aromatic nitrogens is 1. The van der Waals surface area contributed by atoms with Crippen molar-refractivity contribution in [2.75, 3.05) is 21.3 Å². The van der Waals surface area contributed by atoms with Gasteiger partial charge in [0.15, 0.2) is 11.5 Å². The zero-order valence-corrected chi connectivity index (χ0v) is 16.0. The van der Waals surface area contributed by atoms with Gasteiger partial charge in [-0.3, -0.25) is 4.79 Å². The van der Waals surface area contributed by atoms with Crippen LogP contribution < -0.4 is 14.2 Å². The molecule has 0 spiro atoms. The number of carboxylic acids is 1. The molecule has 0 aliphatic rings. The molecule has 0 aliphatic carbocycles. The van der Waals surface area contributed by atoms with E-state index in [0.717, 1.165) is 10.2 Å². The molecule has 1 aromatic heterocycles. The third-order valence-corrected chi connectivity index (χ3v) is 5.09. The van der Waals surface area contributed by atoms with Crippen LogP contribution in [0, 0.1) is 0 Å². The van der Waals surface area contributed by atoms with Gasteiger partial charge in [0.1, 0.15) is 10.8 Å². The highest BCUT2D eigenvalue weighted by atomic mass is 32.1. The largest absolute Gasteiger partial charge is 0.496 e. The summed E-state index contributed by atoms with van der Waals surface area (Å²) in [5.41, 5.74) is 2.12. The van der Waals surface area contributed by atoms with E-state index in [1.165, 1.54) is 11.3 Å². The van der Waals surface area contributed by atoms with Gasteiger partial charge >= 0.3 is 5.97 Å². The normalized spacial score (nSPS) is 11.4. The second-order valence-corrected chi connectivity index (χ2v) is 6.71. The fourth-order valence-electron chi connectivity index (χ4n) is 2.71. The summed E-state index contributed by atoms with van der Waals surface area (Å²) < 4.78 is 17.1. The highest BCUT2D eigenvalue weighted by molar-refractivity contribution is 7.19. The maximum atomic E-state index is 11.4. The third-order valence-electron chi connectivity index (χ3n) is 3.98. The Kier molecular flexibility index (Phi) is 5.61. The lowest BCUT2D eigenvalue weighted by Gasteiger charge is -2.13. The Bertz CT molecular complexity index is 976. The van der Waals surface area contributed by atoms with Crippen molar-refractivity contribution in [2.24, 2.45) is 0 Å². The van der Waals surface area contributed by atoms with Crippen LogP contribution in [-0.2, 0) is 4.79 Å². The molecular weight excluding hydrogens is 366 g/mol. The molecule has 140 valence electrons. The molecule has 6 nitrogen and oxygen atoms in total. The van der Waals surface area contributed by atoms with E-state index in [1.54, 1.807) is 39.5 Å². The maximum Gasteiger partial charge on any atom is 0.307 e. The number of thiazole rings is 1. The number of aliphatic carboxylic acids is 1. The van der Waals surface area contributed by atoms with Gasteiger partial charge < -0.3 is 19.3 Å². The van der Waals surface area contributed by atoms with E-state index in [0.29, 0.717) is 33.4 Å². The summed E-state index contributed by atoms with van der Waals surface area (Å²) in [6, 6.07) is 11.2. The standard InChI is InChI=1S/C20H19NO5S/c1-24-15-11-17(26-3)16(25-2)9-12(15)8-13(10-19(22)23)20-21-14-6-4-5-7-18(14)27-20/h4-9,11H,10H2,1-3H3,(H,22,23). The summed E-state index contributed by atoms with van der Waals surface area (Å²) in [5.74, 6) is 0.686. The molecular formula is C20H19NO5S. The fourth-order valence-corrected chi connectivity index (χ4v) is 3.69. The van der Waals surface area contributed by atoms with E-state index in [-0.39, 0.29) is 6.42 Å². The van der Waals surface area contributed by atoms with Crippen molar-refractivity contribution in [2.45, 2.75) is 6.42 Å². The van der Waals surface area contributed by atoms with Gasteiger partial charge in [0.25, 0.3) is 0 Å². The Hall–Kier alpha value is -3.06. The van der Waals surface area contributed by atoms with Gasteiger partial charge in [-0.1, -0.05) is 12.1 Å². The molecule has 0 unspecified atom stereocenters. The molecule has 0 bridgehead atoms. The number of carboxylic acid groups (broad SMARTS) is 1. The van der Waals surface area contributed by atoms with E-state index in [2.05, 4.69) is 4.98 Å². The molecule has 2 aromatic carbocycles. The minimum Gasteiger partial charge on any atom is -0.496 e. The lowest BCUT2D eigenvalue weighted by molar-refractivity contribution is -0.135. The number of para-hydroxylation sites is 1. The van der Waals surface area contributed by atoms with Crippen LogP contribution in [0.2, 0.25) is 0 Å². The Labute approximate surface area is 160 Å². The second kappa shape index (κ2) is 8.09. The van der Waals surface area contributed by atoms with Crippen molar-refractivity contribution in [3.8, 4) is 17.2 Å². The number of ether oxygens (including phenoxy) is 3. The highest BCUT2D eigenvalue weighted by Crippen LogP contribution is 2.38. The number of rotatable bonds is 7. The van der Waals surface area contributed by atoms with Crippen molar-refractivity contribution in [1.29, 1.82) is 0 Å². The Morgan fingerprint density at radius 3 is 2.37 bits per heavy atom. The summed E-state index contributed by atoms with van der Waals surface area (Å²) in [6.45, 7) is 0. The van der Waals surface area contributed by atoms with Crippen LogP contribution in [0.15, 0.2) is 36.4 Å². The minimum atomic E-state index is -0.931. The molecule has 1 heterocycles. The summed E-state index contributed by atoms with van der Waals surface area (Å²) >= 11 is 1.46. The van der Waals surface area contributed by atoms with Gasteiger partial charge in [0.2, 0.25) is 0 Å². The van der Waals surface area contributed by atoms with Crippen molar-refractivity contribution in [3.05, 3.63) is 47.0 Å². The van der Waals surface area contributed by atoms with Crippen molar-refractivity contribution in [1.82, 2.24) is 4.98 Å². The number of benzene rings is 2. The topological polar surface area (TPSA) is 77.9 Å². The Morgan fingerprint density at radius 1 is 1.07 bits per heavy atom. The molecule has 3 aromatic rings. The minimum absolute atomic E-state index is 0.155. The number of fused-ring (bicyclic) bond motifs is 1. The SMILES string of the molecule is COc1cc(OC)c(OC)cc1C=C(CC(=O)O)c1nc2ccccc2s1. The number of hydrogen-bond donors (Lipinski definition) is 1. The fraction of sp³-hybridized carbons (Fsp3) is 0.200. The molecule has 0 amide bonds. The van der Waals surface area contributed by atoms with Crippen LogP contribution in [0.5, 0.6) is 17.2 Å². The molecule has 3 rings (SSSR count). The van der Waals surface area contributed by atoms with Crippen LogP contribution in [-0.4, -0.2) is 37.4 Å². The van der Waals surface area contributed by atoms with Gasteiger partial charge in [0.05, 0.1) is 38.0 Å². The maximum absolute atomic E-state index is 11.4. The quantitative estimate of drug-likeness (QED) is 0.652. The lowest BCUT2D eigenvalue weighted by Crippen LogP contribution is -1.98. The van der Waals surface area contributed by atoms with Crippen molar-refractivity contribution < 1.29 is 24.1 Å². The summed E-state index contributed by atoms with van der Waals surface area (Å²) in [4.78, 5) is 16.0. The van der Waals surface area contributed by atoms with Crippen molar-refractivity contribution >= 4 is 39.2 Å². The number of carbonyl (C=O) groups is 1. The van der Waals surface area contributed by atoms with Gasteiger partial charge in [-0.2, -0.15) is 0 Å². The predicted octanol–water partition coefficient (Wildman–Crippen LogP) is 4.34. The van der Waals surface area contributed by atoms with Gasteiger partial charge in [-0.05, 0) is 29.8 Å². The summed E-state index contributed by atoms with van der Waals surface area (Å²) in [5, 5.41) is 10.0. The van der Waals surface area contributed by atoms with Crippen LogP contribution in [0.3, 0.4) is 0 Å². The van der Waals surface area contributed by atoms with E-state index >= 15 is 0 Å². The first kappa shape index (κ1) is 18.7. The first-order chi connectivity index (χ1) is 13.0. The Morgan fingerprint density at radius 2 is 1.74 bits per heavy atom. The number of methoxy groups -OCH3 is 3. The average Bonchev–Trinajstić information content (AvgIpc) is 3.10. The summed E-state index contributed by atoms with van der Waals surface area (Å²) in [7, 11) is 4.64. The zero-order valence-electron chi connectivity index (χ0n) is 15.2. The van der Waals surface area contributed by atoms with E-state index < -0.39 is 5.97 Å². The van der Waals surface area contributed by atoms with Gasteiger partial charge in [0, 0.05) is 11.6 Å². The first-order valence-corrected chi connectivity index (χ1v) is 8.95. The van der Waals surface area contributed by atoms with Crippen LogP contribution in [0.4, 0.5) is 0 Å². The van der Waals surface area contributed by atoms with E-state index in [9.17, 15) is 9.90 Å². The van der Waals surface area contributed by atoms with Gasteiger partial charge in [-0.15, -0.1) is 11.3 Å². The van der Waals surface area contributed by atoms with Crippen LogP contribution in [0.1, 0.15) is 17.0 Å². The predicted molar refractivity (Wildman–Crippen MR) is 106 cm³/mol. The highest BCUT2D eigenvalue weighted by Gasteiger charge is 2.16. The van der Waals surface area contributed by atoms with Crippen LogP contribution in [0.25, 0.3) is 21.9 Å². The smallest absolute Gasteiger partial charge is 0.307 e. The molecule has 0 saturated heterocycles. The molecule has 27 heavy (non-hydrogen) atoms. The first-order valence-electron chi connectivity index (χ1n) is 8.14. The molecule has 0 aliphatic heterocycles. The zero-order chi connectivity index (χ0) is 19.4. The summed E-state index contributed by atoms with van der Waals surface area (Å²) in [6.07, 6.45) is 1.62. The third kappa shape index (κ3) is 4.03. The van der Waals surface area contributed by atoms with Gasteiger partial charge in [-0.25, -0.2) is 4.98 Å². The monoisotopic (exact) mass is 385 g/mol. The molecule has 0 radical (unpaired) electrons. The lowest BCUT2D eigenvalue weighted by atomic mass is 10.1. The van der Waals surface area contributed by atoms with Crippen LogP contribution >= 0.6 is 11.3 Å². The molecule has 7 heteroatoms. The van der Waals surface area contributed by atoms with E-state index in [4.69, 9.17) is 14.2 Å². The second-order valence-electron chi connectivity index (χ2n) is 5.68. The molecule has 1 N–H and O–H groups in total. The number of hydrogen-bond acceptors (Lipinski definition) is 6. The molecule has 0 atom stereocenters. The van der Waals surface area contributed by atoms with Crippen molar-refractivity contribution in [3.63, 3.8) is 0 Å². The van der Waals surface area contributed by atoms with E-state index in [1.807, 2.05) is 24.3 Å². The molecule has 0 fully saturated rings. The Balaban J connectivity index is 2.14.